The molecule has 4 nitrogen and oxygen atoms in total. The van der Waals surface area contributed by atoms with Gasteiger partial charge in [-0.2, -0.15) is 0 Å². The number of hydrogen-bond donors (Lipinski definition) is 2. The molecule has 1 saturated carbocycles. The van der Waals surface area contributed by atoms with Crippen LogP contribution in [0, 0.1) is 18.7 Å². The van der Waals surface area contributed by atoms with E-state index in [-0.39, 0.29) is 17.6 Å². The minimum Gasteiger partial charge on any atom is -0.354 e. The summed E-state index contributed by atoms with van der Waals surface area (Å²) in [5.41, 5.74) is 1.92. The smallest absolute Gasteiger partial charge is 0.257 e. The molecule has 0 bridgehead atoms. The Bertz CT molecular complexity index is 581. The molecule has 1 aliphatic carbocycles. The highest BCUT2D eigenvalue weighted by Crippen LogP contribution is 2.43. The summed E-state index contributed by atoms with van der Waals surface area (Å²) in [5, 5.41) is 5.94. The van der Waals surface area contributed by atoms with Crippen molar-refractivity contribution < 1.29 is 9.18 Å². The molecule has 0 radical (unpaired) electrons. The van der Waals surface area contributed by atoms with Gasteiger partial charge in [0, 0.05) is 7.05 Å². The number of halogens is 1. The zero-order chi connectivity index (χ0) is 18.3. The molecule has 1 unspecified atom stereocenters. The zero-order valence-electron chi connectivity index (χ0n) is 15.0. The van der Waals surface area contributed by atoms with E-state index < -0.39 is 5.82 Å². The maximum atomic E-state index is 14.2. The van der Waals surface area contributed by atoms with Crippen LogP contribution in [-0.2, 0) is 0 Å². The molecule has 0 saturated heterocycles. The maximum Gasteiger partial charge on any atom is 0.257 e. The molecule has 132 valence electrons. The van der Waals surface area contributed by atoms with Crippen LogP contribution in [0.15, 0.2) is 12.1 Å². The standard InChI is InChI=1S/C15H20FN3O.C2H6.C2H2/c1-17-6-5-13-18-15(20)14-11(16)7-10(9-3-4-9)8-12(14)19(13)2;2*1-2/h7-9,13,17H,3-6H2,1-2H3,(H,18,20);1-2H3;1-2H. The van der Waals surface area contributed by atoms with Crippen molar-refractivity contribution in [1.82, 2.24) is 10.6 Å². The van der Waals surface area contributed by atoms with E-state index in [1.807, 2.05) is 38.9 Å². The van der Waals surface area contributed by atoms with Crippen molar-refractivity contribution in [3.8, 4) is 12.8 Å². The molecule has 5 heteroatoms. The van der Waals surface area contributed by atoms with Crippen LogP contribution in [0.4, 0.5) is 10.1 Å². The van der Waals surface area contributed by atoms with Gasteiger partial charge in [-0.3, -0.25) is 4.79 Å². The van der Waals surface area contributed by atoms with Crippen molar-refractivity contribution in [3.05, 3.63) is 29.1 Å². The average molecular weight is 333 g/mol. The molecule has 1 aliphatic heterocycles. The van der Waals surface area contributed by atoms with Crippen LogP contribution in [-0.4, -0.2) is 32.7 Å². The largest absolute Gasteiger partial charge is 0.354 e. The van der Waals surface area contributed by atoms with Gasteiger partial charge in [0.15, 0.2) is 0 Å². The van der Waals surface area contributed by atoms with E-state index in [1.165, 1.54) is 6.07 Å². The first-order chi connectivity index (χ1) is 11.6. The van der Waals surface area contributed by atoms with E-state index >= 15 is 0 Å². The molecule has 2 N–H and O–H groups in total. The monoisotopic (exact) mass is 333 g/mol. The Morgan fingerprint density at radius 3 is 2.50 bits per heavy atom. The highest BCUT2D eigenvalue weighted by molar-refractivity contribution is 6.02. The summed E-state index contributed by atoms with van der Waals surface area (Å²) in [6.07, 6.45) is 10.9. The SMILES string of the molecule is C#C.CC.CNCCC1NC(=O)c2c(F)cc(C3CC3)cc2N1C. The third-order valence-electron chi connectivity index (χ3n) is 4.18. The van der Waals surface area contributed by atoms with Crippen LogP contribution >= 0.6 is 0 Å². The first kappa shape index (κ1) is 20.0. The fourth-order valence-electron chi connectivity index (χ4n) is 2.80. The van der Waals surface area contributed by atoms with Gasteiger partial charge >= 0.3 is 0 Å². The number of rotatable bonds is 4. The number of carbonyl (C=O) groups excluding carboxylic acids is 1. The predicted molar refractivity (Wildman–Crippen MR) is 97.8 cm³/mol. The Kier molecular flexibility index (Phi) is 7.73. The molecule has 1 heterocycles. The van der Waals surface area contributed by atoms with E-state index in [9.17, 15) is 9.18 Å². The van der Waals surface area contributed by atoms with E-state index in [1.54, 1.807) is 0 Å². The molecular formula is C19H28FN3O. The van der Waals surface area contributed by atoms with Gasteiger partial charge in [-0.25, -0.2) is 4.39 Å². The lowest BCUT2D eigenvalue weighted by molar-refractivity contribution is 0.0922. The second-order valence-corrected chi connectivity index (χ2v) is 5.66. The lowest BCUT2D eigenvalue weighted by atomic mass is 10.0. The third kappa shape index (κ3) is 4.27. The van der Waals surface area contributed by atoms with E-state index in [2.05, 4.69) is 23.5 Å². The minimum atomic E-state index is -0.402. The van der Waals surface area contributed by atoms with Gasteiger partial charge in [0.25, 0.3) is 5.91 Å². The predicted octanol–water partition coefficient (Wildman–Crippen LogP) is 3.09. The summed E-state index contributed by atoms with van der Waals surface area (Å²) < 4.78 is 14.2. The highest BCUT2D eigenvalue weighted by atomic mass is 19.1. The van der Waals surface area contributed by atoms with Crippen molar-refractivity contribution in [2.24, 2.45) is 0 Å². The number of hydrogen-bond acceptors (Lipinski definition) is 3. The Hall–Kier alpha value is -2.06. The second kappa shape index (κ2) is 9.29. The first-order valence-electron chi connectivity index (χ1n) is 8.47. The topological polar surface area (TPSA) is 44.4 Å². The summed E-state index contributed by atoms with van der Waals surface area (Å²) in [7, 11) is 3.79. The fraction of sp³-hybridized carbons (Fsp3) is 0.526. The molecule has 2 aliphatic rings. The summed E-state index contributed by atoms with van der Waals surface area (Å²) in [4.78, 5) is 14.1. The van der Waals surface area contributed by atoms with Crippen LogP contribution in [0.25, 0.3) is 0 Å². The van der Waals surface area contributed by atoms with Crippen LogP contribution in [0.3, 0.4) is 0 Å². The number of carbonyl (C=O) groups is 1. The number of benzene rings is 1. The van der Waals surface area contributed by atoms with Gasteiger partial charge in [0.05, 0.1) is 11.3 Å². The molecule has 1 atom stereocenters. The molecule has 1 amide bonds. The molecule has 1 fully saturated rings. The number of terminal acetylenes is 1. The molecule has 24 heavy (non-hydrogen) atoms. The number of nitrogens with zero attached hydrogens (tertiary/aromatic N) is 1. The first-order valence-corrected chi connectivity index (χ1v) is 8.47. The van der Waals surface area contributed by atoms with Crippen molar-refractivity contribution >= 4 is 11.6 Å². The number of fused-ring (bicyclic) bond motifs is 1. The Labute approximate surface area is 144 Å². The molecular weight excluding hydrogens is 305 g/mol. The summed E-state index contributed by atoms with van der Waals surface area (Å²) in [6.45, 7) is 4.80. The van der Waals surface area contributed by atoms with Crippen molar-refractivity contribution in [3.63, 3.8) is 0 Å². The van der Waals surface area contributed by atoms with Crippen molar-refractivity contribution in [1.29, 1.82) is 0 Å². The van der Waals surface area contributed by atoms with Gasteiger partial charge in [-0.1, -0.05) is 13.8 Å². The number of anilines is 1. The second-order valence-electron chi connectivity index (χ2n) is 5.66. The van der Waals surface area contributed by atoms with Gasteiger partial charge in [0.2, 0.25) is 0 Å². The van der Waals surface area contributed by atoms with Gasteiger partial charge < -0.3 is 15.5 Å². The van der Waals surface area contributed by atoms with E-state index in [0.717, 1.165) is 37.1 Å². The number of amides is 1. The summed E-state index contributed by atoms with van der Waals surface area (Å²) in [5.74, 6) is -0.233. The average Bonchev–Trinajstić information content (AvgIpc) is 3.45. The zero-order valence-corrected chi connectivity index (χ0v) is 15.0. The molecule has 1 aromatic carbocycles. The van der Waals surface area contributed by atoms with Gasteiger partial charge in [-0.15, -0.1) is 12.8 Å². The van der Waals surface area contributed by atoms with E-state index in [4.69, 9.17) is 0 Å². The van der Waals surface area contributed by atoms with Crippen LogP contribution in [0.5, 0.6) is 0 Å². The van der Waals surface area contributed by atoms with Gasteiger partial charge in [0.1, 0.15) is 12.0 Å². The quantitative estimate of drug-likeness (QED) is 0.832. The van der Waals surface area contributed by atoms with E-state index in [0.29, 0.717) is 5.92 Å². The Balaban J connectivity index is 0.000000671. The summed E-state index contributed by atoms with van der Waals surface area (Å²) >= 11 is 0. The lowest BCUT2D eigenvalue weighted by Crippen LogP contribution is -2.52. The molecule has 1 aromatic rings. The normalized spacial score (nSPS) is 18.4. The van der Waals surface area contributed by atoms with Gasteiger partial charge in [-0.05, 0) is 56.5 Å². The molecule has 0 spiro atoms. The summed E-state index contributed by atoms with van der Waals surface area (Å²) in [6, 6.07) is 3.51. The number of nitrogens with one attached hydrogen (secondary N) is 2. The third-order valence-corrected chi connectivity index (χ3v) is 4.18. The Morgan fingerprint density at radius 1 is 1.33 bits per heavy atom. The van der Waals surface area contributed by atoms with Crippen molar-refractivity contribution in [2.45, 2.75) is 45.2 Å². The maximum absolute atomic E-state index is 14.2. The Morgan fingerprint density at radius 2 is 1.96 bits per heavy atom. The van der Waals surface area contributed by atoms with Crippen LogP contribution < -0.4 is 15.5 Å². The highest BCUT2D eigenvalue weighted by Gasteiger charge is 2.33. The molecule has 0 aromatic heterocycles. The minimum absolute atomic E-state index is 0.0868. The molecule has 3 rings (SSSR count). The lowest BCUT2D eigenvalue weighted by Gasteiger charge is -2.36. The van der Waals surface area contributed by atoms with Crippen molar-refractivity contribution in [2.75, 3.05) is 25.5 Å². The van der Waals surface area contributed by atoms with Crippen LogP contribution in [0.2, 0.25) is 0 Å². The van der Waals surface area contributed by atoms with Crippen LogP contribution in [0.1, 0.15) is 54.9 Å². The fourth-order valence-corrected chi connectivity index (χ4v) is 2.80.